The maximum Gasteiger partial charge on any atom is 0.235 e. The number of fused-ring (bicyclic) bond motifs is 1. The fraction of sp³-hybridized carbons (Fsp3) is 0.462. The molecule has 18 heavy (non-hydrogen) atoms. The van der Waals surface area contributed by atoms with Gasteiger partial charge in [-0.25, -0.2) is 15.0 Å². The number of nitrogens with two attached hydrogens (primary N) is 1. The van der Waals surface area contributed by atoms with Gasteiger partial charge in [0.15, 0.2) is 0 Å². The minimum Gasteiger partial charge on any atom is -0.326 e. The molecule has 0 fully saturated rings. The van der Waals surface area contributed by atoms with Gasteiger partial charge in [0.2, 0.25) is 5.95 Å². The van der Waals surface area contributed by atoms with Crippen molar-refractivity contribution in [1.82, 2.24) is 19.5 Å². The van der Waals surface area contributed by atoms with Crippen LogP contribution in [0.4, 0.5) is 0 Å². The monoisotopic (exact) mass is 243 g/mol. The van der Waals surface area contributed by atoms with Crippen LogP contribution in [-0.4, -0.2) is 19.5 Å². The van der Waals surface area contributed by atoms with E-state index in [9.17, 15) is 0 Å². The highest BCUT2D eigenvalue weighted by molar-refractivity contribution is 5.27. The number of aromatic nitrogens is 4. The Morgan fingerprint density at radius 3 is 2.89 bits per heavy atom. The largest absolute Gasteiger partial charge is 0.326 e. The number of nitrogens with zero attached hydrogens (tertiary/aromatic N) is 4. The summed E-state index contributed by atoms with van der Waals surface area (Å²) in [5, 5.41) is 0. The Morgan fingerprint density at radius 1 is 1.28 bits per heavy atom. The number of aryl methyl sites for hydroxylation is 2. The van der Waals surface area contributed by atoms with Crippen LogP contribution in [0.15, 0.2) is 12.5 Å². The van der Waals surface area contributed by atoms with Crippen LogP contribution < -0.4 is 5.73 Å². The Kier molecular flexibility index (Phi) is 2.83. The lowest BCUT2D eigenvalue weighted by Crippen LogP contribution is -2.11. The van der Waals surface area contributed by atoms with E-state index < -0.39 is 0 Å². The average Bonchev–Trinajstić information content (AvgIpc) is 2.82. The Hall–Kier alpha value is -1.75. The average molecular weight is 243 g/mol. The summed E-state index contributed by atoms with van der Waals surface area (Å²) in [5.74, 6) is 0.709. The van der Waals surface area contributed by atoms with Crippen LogP contribution in [0.25, 0.3) is 5.95 Å². The van der Waals surface area contributed by atoms with Crippen LogP contribution in [-0.2, 0) is 19.4 Å². The van der Waals surface area contributed by atoms with Gasteiger partial charge >= 0.3 is 0 Å². The van der Waals surface area contributed by atoms with E-state index in [2.05, 4.69) is 15.0 Å². The molecule has 5 nitrogen and oxygen atoms in total. The topological polar surface area (TPSA) is 69.6 Å². The third-order valence-electron chi connectivity index (χ3n) is 3.53. The quantitative estimate of drug-likeness (QED) is 0.863. The van der Waals surface area contributed by atoms with E-state index in [4.69, 9.17) is 5.73 Å². The van der Waals surface area contributed by atoms with Gasteiger partial charge in [0.1, 0.15) is 6.33 Å². The van der Waals surface area contributed by atoms with Crippen molar-refractivity contribution in [3.05, 3.63) is 35.2 Å². The second-order valence-electron chi connectivity index (χ2n) is 4.70. The molecule has 0 atom stereocenters. The summed E-state index contributed by atoms with van der Waals surface area (Å²) in [5.41, 5.74) is 10.0. The Bertz CT molecular complexity index is 573. The zero-order valence-corrected chi connectivity index (χ0v) is 10.6. The molecule has 0 aromatic carbocycles. The summed E-state index contributed by atoms with van der Waals surface area (Å²) in [7, 11) is 0. The first-order valence-electron chi connectivity index (χ1n) is 6.37. The van der Waals surface area contributed by atoms with Gasteiger partial charge in [-0.2, -0.15) is 0 Å². The lowest BCUT2D eigenvalue weighted by atomic mass is 10.0. The van der Waals surface area contributed by atoms with E-state index in [0.717, 1.165) is 24.1 Å². The Morgan fingerprint density at radius 2 is 2.11 bits per heavy atom. The highest BCUT2D eigenvalue weighted by atomic mass is 15.2. The van der Waals surface area contributed by atoms with Crippen molar-refractivity contribution in [2.45, 2.75) is 39.2 Å². The van der Waals surface area contributed by atoms with Crippen LogP contribution in [0.3, 0.4) is 0 Å². The lowest BCUT2D eigenvalue weighted by molar-refractivity contribution is 0.651. The maximum atomic E-state index is 5.63. The van der Waals surface area contributed by atoms with Gasteiger partial charge in [0, 0.05) is 29.7 Å². The molecule has 0 saturated carbocycles. The van der Waals surface area contributed by atoms with Crippen LogP contribution in [0.1, 0.15) is 35.5 Å². The fourth-order valence-electron chi connectivity index (χ4n) is 2.44. The van der Waals surface area contributed by atoms with Crippen LogP contribution in [0.2, 0.25) is 0 Å². The van der Waals surface area contributed by atoms with Crippen molar-refractivity contribution in [3.8, 4) is 5.95 Å². The minimum atomic E-state index is 0.480. The predicted molar refractivity (Wildman–Crippen MR) is 68.4 cm³/mol. The Labute approximate surface area is 106 Å². The van der Waals surface area contributed by atoms with Gasteiger partial charge < -0.3 is 5.73 Å². The molecule has 0 saturated heterocycles. The summed E-state index contributed by atoms with van der Waals surface area (Å²) < 4.78 is 2.02. The predicted octanol–water partition coefficient (Wildman–Crippen LogP) is 1.31. The summed E-state index contributed by atoms with van der Waals surface area (Å²) in [4.78, 5) is 13.4. The molecule has 0 spiro atoms. The third-order valence-corrected chi connectivity index (χ3v) is 3.53. The molecule has 0 radical (unpaired) electrons. The SMILES string of the molecule is Cc1nc(-n2cnc3c2CCCC3)ncc1CN. The molecule has 2 aromatic heterocycles. The van der Waals surface area contributed by atoms with E-state index in [1.54, 1.807) is 0 Å². The number of hydrogen-bond donors (Lipinski definition) is 1. The first kappa shape index (κ1) is 11.3. The smallest absolute Gasteiger partial charge is 0.235 e. The van der Waals surface area contributed by atoms with Gasteiger partial charge in [-0.3, -0.25) is 4.57 Å². The van der Waals surface area contributed by atoms with E-state index in [-0.39, 0.29) is 0 Å². The van der Waals surface area contributed by atoms with Crippen LogP contribution >= 0.6 is 0 Å². The molecule has 5 heteroatoms. The van der Waals surface area contributed by atoms with Crippen molar-refractivity contribution in [1.29, 1.82) is 0 Å². The van der Waals surface area contributed by atoms with Crippen molar-refractivity contribution in [2.75, 3.05) is 0 Å². The van der Waals surface area contributed by atoms with Gasteiger partial charge in [0.05, 0.1) is 5.69 Å². The molecule has 0 amide bonds. The van der Waals surface area contributed by atoms with Crippen molar-refractivity contribution >= 4 is 0 Å². The summed E-state index contributed by atoms with van der Waals surface area (Å²) in [6.07, 6.45) is 8.24. The molecule has 2 N–H and O–H groups in total. The van der Waals surface area contributed by atoms with E-state index in [0.29, 0.717) is 12.5 Å². The molecule has 2 heterocycles. The standard InChI is InChI=1S/C13H17N5/c1-9-10(6-14)7-15-13(17-9)18-8-16-11-4-2-3-5-12(11)18/h7-8H,2-6,14H2,1H3. The number of hydrogen-bond acceptors (Lipinski definition) is 4. The molecule has 94 valence electrons. The van der Waals surface area contributed by atoms with Gasteiger partial charge in [-0.15, -0.1) is 0 Å². The highest BCUT2D eigenvalue weighted by Gasteiger charge is 2.17. The lowest BCUT2D eigenvalue weighted by Gasteiger charge is -2.13. The van der Waals surface area contributed by atoms with Gasteiger partial charge in [-0.05, 0) is 32.6 Å². The van der Waals surface area contributed by atoms with Crippen molar-refractivity contribution in [2.24, 2.45) is 5.73 Å². The molecule has 0 unspecified atom stereocenters. The molecule has 0 aliphatic heterocycles. The number of rotatable bonds is 2. The maximum absolute atomic E-state index is 5.63. The van der Waals surface area contributed by atoms with Gasteiger partial charge in [-0.1, -0.05) is 0 Å². The molecular formula is C13H17N5. The molecule has 1 aliphatic carbocycles. The van der Waals surface area contributed by atoms with Crippen molar-refractivity contribution < 1.29 is 0 Å². The molecule has 3 rings (SSSR count). The molecule has 2 aromatic rings. The highest BCUT2D eigenvalue weighted by Crippen LogP contribution is 2.21. The van der Waals surface area contributed by atoms with Crippen LogP contribution in [0.5, 0.6) is 0 Å². The van der Waals surface area contributed by atoms with E-state index >= 15 is 0 Å². The number of imidazole rings is 1. The second kappa shape index (κ2) is 4.49. The first-order valence-corrected chi connectivity index (χ1v) is 6.37. The zero-order valence-electron chi connectivity index (χ0n) is 10.6. The van der Waals surface area contributed by atoms with Gasteiger partial charge in [0.25, 0.3) is 0 Å². The Balaban J connectivity index is 2.04. The zero-order chi connectivity index (χ0) is 12.5. The summed E-state index contributed by atoms with van der Waals surface area (Å²) >= 11 is 0. The fourth-order valence-corrected chi connectivity index (χ4v) is 2.44. The third kappa shape index (κ3) is 1.80. The second-order valence-corrected chi connectivity index (χ2v) is 4.70. The molecule has 1 aliphatic rings. The normalized spacial score (nSPS) is 14.6. The summed E-state index contributed by atoms with van der Waals surface area (Å²) in [6.45, 7) is 2.45. The summed E-state index contributed by atoms with van der Waals surface area (Å²) in [6, 6.07) is 0. The first-order chi connectivity index (χ1) is 8.79. The molecule has 0 bridgehead atoms. The molecular weight excluding hydrogens is 226 g/mol. The van der Waals surface area contributed by atoms with Crippen molar-refractivity contribution in [3.63, 3.8) is 0 Å². The van der Waals surface area contributed by atoms with E-state index in [1.165, 1.54) is 24.2 Å². The van der Waals surface area contributed by atoms with E-state index in [1.807, 2.05) is 24.0 Å². The minimum absolute atomic E-state index is 0.480. The van der Waals surface area contributed by atoms with Crippen LogP contribution in [0, 0.1) is 6.92 Å².